The van der Waals surface area contributed by atoms with Gasteiger partial charge in [0.1, 0.15) is 0 Å². The Hall–Kier alpha value is -0.0400. The molecule has 0 bridgehead atoms. The summed E-state index contributed by atoms with van der Waals surface area (Å²) < 4.78 is 0. The van der Waals surface area contributed by atoms with Crippen LogP contribution in [0.1, 0.15) is 64.7 Å². The van der Waals surface area contributed by atoms with Gasteiger partial charge in [0.2, 0.25) is 0 Å². The number of unbranched alkanes of at least 4 members (excludes halogenated alkanes) is 5. The summed E-state index contributed by atoms with van der Waals surface area (Å²) in [6.07, 6.45) is 12.8. The second kappa shape index (κ2) is 7.37. The van der Waals surface area contributed by atoms with Crippen LogP contribution in [0, 0.1) is 0 Å². The van der Waals surface area contributed by atoms with Crippen molar-refractivity contribution in [2.45, 2.75) is 70.8 Å². The van der Waals surface area contributed by atoms with E-state index in [0.29, 0.717) is 0 Å². The van der Waals surface area contributed by atoms with Gasteiger partial charge in [0.15, 0.2) is 0 Å². The van der Waals surface area contributed by atoms with Crippen LogP contribution in [0.25, 0.3) is 0 Å². The summed E-state index contributed by atoms with van der Waals surface area (Å²) in [7, 11) is 0. The van der Waals surface area contributed by atoms with Crippen LogP contribution in [0.15, 0.2) is 0 Å². The van der Waals surface area contributed by atoms with Crippen LogP contribution >= 0.6 is 0 Å². The average molecular weight is 183 g/mol. The molecule has 0 radical (unpaired) electrons. The van der Waals surface area contributed by atoms with Crippen molar-refractivity contribution >= 4 is 0 Å². The van der Waals surface area contributed by atoms with Crippen molar-refractivity contribution in [3.63, 3.8) is 0 Å². The van der Waals surface area contributed by atoms with E-state index in [1.807, 2.05) is 0 Å². The minimum absolute atomic E-state index is 0.885. The molecule has 0 aromatic carbocycles. The fourth-order valence-electron chi connectivity index (χ4n) is 1.82. The van der Waals surface area contributed by atoms with Crippen LogP contribution in [0.4, 0.5) is 0 Å². The van der Waals surface area contributed by atoms with Crippen LogP contribution in [0.5, 0.6) is 0 Å². The number of hydrogen-bond donors (Lipinski definition) is 1. The van der Waals surface area contributed by atoms with Gasteiger partial charge in [0.25, 0.3) is 0 Å². The van der Waals surface area contributed by atoms with Gasteiger partial charge in [0.05, 0.1) is 0 Å². The van der Waals surface area contributed by atoms with E-state index in [1.165, 1.54) is 64.3 Å². The van der Waals surface area contributed by atoms with Gasteiger partial charge in [-0.3, -0.25) is 0 Å². The van der Waals surface area contributed by atoms with Crippen molar-refractivity contribution < 1.29 is 0 Å². The van der Waals surface area contributed by atoms with Crippen LogP contribution in [0.3, 0.4) is 0 Å². The first-order chi connectivity index (χ1) is 6.43. The quantitative estimate of drug-likeness (QED) is 0.568. The first kappa shape index (κ1) is 11.0. The molecular formula is C12H25N. The SMILES string of the molecule is CCCCCCCCNC1CCC1. The smallest absolute Gasteiger partial charge is 0.00670 e. The molecule has 0 saturated heterocycles. The molecule has 0 unspecified atom stereocenters. The van der Waals surface area contributed by atoms with Gasteiger partial charge in [-0.25, -0.2) is 0 Å². The molecule has 0 spiro atoms. The zero-order valence-electron chi connectivity index (χ0n) is 9.15. The Morgan fingerprint density at radius 1 is 1.00 bits per heavy atom. The van der Waals surface area contributed by atoms with Crippen LogP contribution in [-0.2, 0) is 0 Å². The molecule has 1 aliphatic rings. The molecule has 1 rings (SSSR count). The van der Waals surface area contributed by atoms with Gasteiger partial charge >= 0.3 is 0 Å². The topological polar surface area (TPSA) is 12.0 Å². The van der Waals surface area contributed by atoms with Crippen LogP contribution in [-0.4, -0.2) is 12.6 Å². The number of rotatable bonds is 8. The van der Waals surface area contributed by atoms with E-state index in [4.69, 9.17) is 0 Å². The standard InChI is InChI=1S/C12H25N/c1-2-3-4-5-6-7-11-13-12-9-8-10-12/h12-13H,2-11H2,1H3. The average Bonchev–Trinajstić information content (AvgIpc) is 2.07. The normalized spacial score (nSPS) is 17.3. The molecule has 1 saturated carbocycles. The molecule has 0 heterocycles. The molecule has 0 aromatic heterocycles. The van der Waals surface area contributed by atoms with Crippen molar-refractivity contribution in [2.75, 3.05) is 6.54 Å². The maximum absolute atomic E-state index is 3.61. The lowest BCUT2D eigenvalue weighted by molar-refractivity contribution is 0.337. The first-order valence-corrected chi connectivity index (χ1v) is 6.17. The van der Waals surface area contributed by atoms with Gasteiger partial charge < -0.3 is 5.32 Å². The largest absolute Gasteiger partial charge is 0.314 e. The van der Waals surface area contributed by atoms with E-state index < -0.39 is 0 Å². The molecule has 0 atom stereocenters. The third-order valence-corrected chi connectivity index (χ3v) is 3.07. The van der Waals surface area contributed by atoms with E-state index in [9.17, 15) is 0 Å². The number of nitrogens with one attached hydrogen (secondary N) is 1. The van der Waals surface area contributed by atoms with E-state index in [2.05, 4.69) is 12.2 Å². The van der Waals surface area contributed by atoms with Gasteiger partial charge in [-0.15, -0.1) is 0 Å². The third kappa shape index (κ3) is 5.30. The van der Waals surface area contributed by atoms with Gasteiger partial charge in [-0.1, -0.05) is 45.4 Å². The molecule has 0 aliphatic heterocycles. The van der Waals surface area contributed by atoms with Crippen molar-refractivity contribution in [2.24, 2.45) is 0 Å². The van der Waals surface area contributed by atoms with Crippen LogP contribution in [0.2, 0.25) is 0 Å². The monoisotopic (exact) mass is 183 g/mol. The highest BCUT2D eigenvalue weighted by Gasteiger charge is 2.15. The Balaban J connectivity index is 1.68. The van der Waals surface area contributed by atoms with E-state index >= 15 is 0 Å². The lowest BCUT2D eigenvalue weighted by Gasteiger charge is -2.26. The molecule has 0 aromatic rings. The molecule has 78 valence electrons. The Morgan fingerprint density at radius 3 is 2.31 bits per heavy atom. The molecular weight excluding hydrogens is 158 g/mol. The first-order valence-electron chi connectivity index (χ1n) is 6.17. The Bertz CT molecular complexity index is 108. The van der Waals surface area contributed by atoms with E-state index in [-0.39, 0.29) is 0 Å². The lowest BCUT2D eigenvalue weighted by atomic mass is 9.93. The molecule has 1 aliphatic carbocycles. The van der Waals surface area contributed by atoms with Crippen molar-refractivity contribution in [3.05, 3.63) is 0 Å². The second-order valence-electron chi connectivity index (χ2n) is 4.35. The minimum Gasteiger partial charge on any atom is -0.314 e. The van der Waals surface area contributed by atoms with Crippen LogP contribution < -0.4 is 5.32 Å². The molecule has 0 amide bonds. The highest BCUT2D eigenvalue weighted by molar-refractivity contribution is 4.75. The van der Waals surface area contributed by atoms with E-state index in [1.54, 1.807) is 0 Å². The second-order valence-corrected chi connectivity index (χ2v) is 4.35. The molecule has 1 fully saturated rings. The predicted octanol–water partition coefficient (Wildman–Crippen LogP) is 3.49. The summed E-state index contributed by atoms with van der Waals surface area (Å²) >= 11 is 0. The van der Waals surface area contributed by atoms with Gasteiger partial charge in [-0.05, 0) is 25.8 Å². The van der Waals surface area contributed by atoms with Gasteiger partial charge in [0, 0.05) is 6.04 Å². The summed E-state index contributed by atoms with van der Waals surface area (Å²) in [5, 5.41) is 3.61. The predicted molar refractivity (Wildman–Crippen MR) is 59.0 cm³/mol. The summed E-state index contributed by atoms with van der Waals surface area (Å²) in [4.78, 5) is 0. The summed E-state index contributed by atoms with van der Waals surface area (Å²) in [5.74, 6) is 0. The third-order valence-electron chi connectivity index (χ3n) is 3.07. The molecule has 1 N–H and O–H groups in total. The Labute approximate surface area is 83.3 Å². The zero-order chi connectivity index (χ0) is 9.36. The lowest BCUT2D eigenvalue weighted by Crippen LogP contribution is -2.35. The zero-order valence-corrected chi connectivity index (χ0v) is 9.15. The fourth-order valence-corrected chi connectivity index (χ4v) is 1.82. The fraction of sp³-hybridized carbons (Fsp3) is 1.00. The molecule has 1 nitrogen and oxygen atoms in total. The Morgan fingerprint density at radius 2 is 1.69 bits per heavy atom. The Kier molecular flexibility index (Phi) is 6.26. The molecule has 1 heteroatoms. The maximum atomic E-state index is 3.61. The molecule has 13 heavy (non-hydrogen) atoms. The maximum Gasteiger partial charge on any atom is 0.00670 e. The van der Waals surface area contributed by atoms with E-state index in [0.717, 1.165) is 6.04 Å². The summed E-state index contributed by atoms with van der Waals surface area (Å²) in [6.45, 7) is 3.54. The summed E-state index contributed by atoms with van der Waals surface area (Å²) in [6, 6.07) is 0.885. The van der Waals surface area contributed by atoms with Gasteiger partial charge in [-0.2, -0.15) is 0 Å². The van der Waals surface area contributed by atoms with Crippen molar-refractivity contribution in [1.29, 1.82) is 0 Å². The highest BCUT2D eigenvalue weighted by Crippen LogP contribution is 2.17. The minimum atomic E-state index is 0.885. The summed E-state index contributed by atoms with van der Waals surface area (Å²) in [5.41, 5.74) is 0. The number of hydrogen-bond acceptors (Lipinski definition) is 1. The van der Waals surface area contributed by atoms with Crippen molar-refractivity contribution in [1.82, 2.24) is 5.32 Å². The van der Waals surface area contributed by atoms with Crippen molar-refractivity contribution in [3.8, 4) is 0 Å². The highest BCUT2D eigenvalue weighted by atomic mass is 14.9.